The van der Waals surface area contributed by atoms with Crippen molar-refractivity contribution in [1.82, 2.24) is 4.90 Å². The van der Waals surface area contributed by atoms with Crippen LogP contribution in [0.3, 0.4) is 0 Å². The van der Waals surface area contributed by atoms with Crippen molar-refractivity contribution in [1.29, 1.82) is 0 Å². The van der Waals surface area contributed by atoms with E-state index in [0.717, 1.165) is 39.3 Å². The molecule has 0 atom stereocenters. The Morgan fingerprint density at radius 3 is 1.95 bits per heavy atom. The Labute approximate surface area is 123 Å². The van der Waals surface area contributed by atoms with Crippen molar-refractivity contribution >= 4 is 5.97 Å². The monoisotopic (exact) mass is 289 g/mol. The molecule has 0 heterocycles. The lowest BCUT2D eigenvalue weighted by atomic mass is 9.88. The van der Waals surface area contributed by atoms with Crippen molar-refractivity contribution in [3.63, 3.8) is 0 Å². The van der Waals surface area contributed by atoms with Gasteiger partial charge in [0.2, 0.25) is 0 Å². The first kappa shape index (κ1) is 19.4. The van der Waals surface area contributed by atoms with Crippen LogP contribution < -0.4 is 0 Å². The SMILES string of the molecule is CCOCCN(CCCC(C)(C)C(=O)O)CCOCC. The number of hydrogen-bond donors (Lipinski definition) is 1. The number of hydrogen-bond acceptors (Lipinski definition) is 4. The van der Waals surface area contributed by atoms with Crippen molar-refractivity contribution in [2.45, 2.75) is 40.5 Å². The van der Waals surface area contributed by atoms with Crippen LogP contribution in [0.2, 0.25) is 0 Å². The molecule has 0 aliphatic carbocycles. The van der Waals surface area contributed by atoms with E-state index in [2.05, 4.69) is 4.90 Å². The molecule has 0 bridgehead atoms. The van der Waals surface area contributed by atoms with Crippen molar-refractivity contribution in [3.8, 4) is 0 Å². The second-order valence-corrected chi connectivity index (χ2v) is 5.53. The summed E-state index contributed by atoms with van der Waals surface area (Å²) in [5.41, 5.74) is -0.647. The van der Waals surface area contributed by atoms with E-state index in [-0.39, 0.29) is 0 Å². The molecule has 0 aliphatic heterocycles. The number of carbonyl (C=O) groups is 1. The van der Waals surface area contributed by atoms with Crippen LogP contribution in [0.4, 0.5) is 0 Å². The predicted octanol–water partition coefficient (Wildman–Crippen LogP) is 2.25. The lowest BCUT2D eigenvalue weighted by molar-refractivity contribution is -0.147. The van der Waals surface area contributed by atoms with E-state index in [1.54, 1.807) is 13.8 Å². The maximum absolute atomic E-state index is 11.1. The first-order chi connectivity index (χ1) is 9.44. The number of ether oxygens (including phenoxy) is 2. The van der Waals surface area contributed by atoms with E-state index in [4.69, 9.17) is 14.6 Å². The molecule has 1 N–H and O–H groups in total. The second-order valence-electron chi connectivity index (χ2n) is 5.53. The van der Waals surface area contributed by atoms with E-state index in [0.29, 0.717) is 19.6 Å². The molecule has 0 amide bonds. The highest BCUT2D eigenvalue weighted by Gasteiger charge is 2.26. The molecule has 0 fully saturated rings. The van der Waals surface area contributed by atoms with Gasteiger partial charge in [0.15, 0.2) is 0 Å². The number of carboxylic acid groups (broad SMARTS) is 1. The van der Waals surface area contributed by atoms with Gasteiger partial charge in [-0.2, -0.15) is 0 Å². The maximum atomic E-state index is 11.1. The Morgan fingerprint density at radius 2 is 1.55 bits per heavy atom. The fourth-order valence-corrected chi connectivity index (χ4v) is 1.86. The zero-order valence-corrected chi connectivity index (χ0v) is 13.5. The largest absolute Gasteiger partial charge is 0.481 e. The van der Waals surface area contributed by atoms with Crippen LogP contribution in [0.25, 0.3) is 0 Å². The van der Waals surface area contributed by atoms with Crippen molar-refractivity contribution in [3.05, 3.63) is 0 Å². The molecule has 0 aromatic carbocycles. The van der Waals surface area contributed by atoms with Crippen LogP contribution in [0.1, 0.15) is 40.5 Å². The molecule has 0 aromatic heterocycles. The number of rotatable bonds is 13. The molecule has 0 aliphatic rings. The summed E-state index contributed by atoms with van der Waals surface area (Å²) in [6.45, 7) is 13.0. The fourth-order valence-electron chi connectivity index (χ4n) is 1.86. The van der Waals surface area contributed by atoms with Gasteiger partial charge in [0.05, 0.1) is 18.6 Å². The fraction of sp³-hybridized carbons (Fsp3) is 0.933. The highest BCUT2D eigenvalue weighted by atomic mass is 16.5. The molecule has 0 saturated carbocycles. The quantitative estimate of drug-likeness (QED) is 0.527. The van der Waals surface area contributed by atoms with Gasteiger partial charge >= 0.3 is 5.97 Å². The van der Waals surface area contributed by atoms with E-state index < -0.39 is 11.4 Å². The molecular formula is C15H31NO4. The molecule has 0 aromatic rings. The summed E-state index contributed by atoms with van der Waals surface area (Å²) >= 11 is 0. The average molecular weight is 289 g/mol. The lowest BCUT2D eigenvalue weighted by Gasteiger charge is -2.24. The van der Waals surface area contributed by atoms with Gasteiger partial charge in [-0.25, -0.2) is 0 Å². The summed E-state index contributed by atoms with van der Waals surface area (Å²) in [7, 11) is 0. The molecule has 0 rings (SSSR count). The average Bonchev–Trinajstić information content (AvgIpc) is 2.38. The minimum atomic E-state index is -0.729. The van der Waals surface area contributed by atoms with Gasteiger partial charge in [-0.05, 0) is 47.1 Å². The normalized spacial score (nSPS) is 12.1. The van der Waals surface area contributed by atoms with Crippen molar-refractivity contribution < 1.29 is 19.4 Å². The van der Waals surface area contributed by atoms with Gasteiger partial charge in [-0.3, -0.25) is 9.69 Å². The van der Waals surface area contributed by atoms with Crippen LogP contribution in [0, 0.1) is 5.41 Å². The highest BCUT2D eigenvalue weighted by Crippen LogP contribution is 2.22. The zero-order valence-electron chi connectivity index (χ0n) is 13.5. The van der Waals surface area contributed by atoms with E-state index >= 15 is 0 Å². The number of carboxylic acids is 1. The third kappa shape index (κ3) is 9.28. The van der Waals surface area contributed by atoms with Crippen molar-refractivity contribution in [2.24, 2.45) is 5.41 Å². The molecule has 20 heavy (non-hydrogen) atoms. The topological polar surface area (TPSA) is 59.0 Å². The molecule has 0 spiro atoms. The van der Waals surface area contributed by atoms with E-state index in [1.165, 1.54) is 0 Å². The van der Waals surface area contributed by atoms with Gasteiger partial charge < -0.3 is 14.6 Å². The highest BCUT2D eigenvalue weighted by molar-refractivity contribution is 5.73. The van der Waals surface area contributed by atoms with Crippen LogP contribution in [-0.2, 0) is 14.3 Å². The zero-order chi connectivity index (χ0) is 15.4. The summed E-state index contributed by atoms with van der Waals surface area (Å²) in [5.74, 6) is -0.729. The minimum Gasteiger partial charge on any atom is -0.481 e. The minimum absolute atomic E-state index is 0.647. The molecule has 0 saturated heterocycles. The molecule has 5 nitrogen and oxygen atoms in total. The van der Waals surface area contributed by atoms with Gasteiger partial charge in [0.1, 0.15) is 0 Å². The van der Waals surface area contributed by atoms with Crippen LogP contribution in [0.15, 0.2) is 0 Å². The summed E-state index contributed by atoms with van der Waals surface area (Å²) in [5, 5.41) is 9.10. The third-order valence-corrected chi connectivity index (χ3v) is 3.37. The van der Waals surface area contributed by atoms with Gasteiger partial charge in [-0.15, -0.1) is 0 Å². The van der Waals surface area contributed by atoms with Crippen molar-refractivity contribution in [2.75, 3.05) is 46.1 Å². The first-order valence-electron chi connectivity index (χ1n) is 7.55. The number of nitrogens with zero attached hydrogens (tertiary/aromatic N) is 1. The second kappa shape index (κ2) is 11.1. The Bertz CT molecular complexity index is 246. The predicted molar refractivity (Wildman–Crippen MR) is 80.1 cm³/mol. The molecule has 120 valence electrons. The summed E-state index contributed by atoms with van der Waals surface area (Å²) in [4.78, 5) is 13.3. The molecule has 0 radical (unpaired) electrons. The first-order valence-corrected chi connectivity index (χ1v) is 7.55. The molecular weight excluding hydrogens is 258 g/mol. The third-order valence-electron chi connectivity index (χ3n) is 3.37. The molecule has 5 heteroatoms. The van der Waals surface area contributed by atoms with Gasteiger partial charge in [0, 0.05) is 26.3 Å². The van der Waals surface area contributed by atoms with Crippen LogP contribution >= 0.6 is 0 Å². The standard InChI is InChI=1S/C15H31NO4/c1-5-19-12-10-16(11-13-20-6-2)9-7-8-15(3,4)14(17)18/h5-13H2,1-4H3,(H,17,18). The molecule has 0 unspecified atom stereocenters. The number of aliphatic carboxylic acids is 1. The Balaban J connectivity index is 4.03. The van der Waals surface area contributed by atoms with Crippen LogP contribution in [-0.4, -0.2) is 62.0 Å². The van der Waals surface area contributed by atoms with Gasteiger partial charge in [0.25, 0.3) is 0 Å². The van der Waals surface area contributed by atoms with E-state index in [1.807, 2.05) is 13.8 Å². The summed E-state index contributed by atoms with van der Waals surface area (Å²) in [6, 6.07) is 0. The smallest absolute Gasteiger partial charge is 0.309 e. The Hall–Kier alpha value is -0.650. The summed E-state index contributed by atoms with van der Waals surface area (Å²) in [6.07, 6.45) is 1.56. The summed E-state index contributed by atoms with van der Waals surface area (Å²) < 4.78 is 10.8. The maximum Gasteiger partial charge on any atom is 0.309 e. The van der Waals surface area contributed by atoms with E-state index in [9.17, 15) is 4.79 Å². The van der Waals surface area contributed by atoms with Gasteiger partial charge in [-0.1, -0.05) is 0 Å². The Kier molecular flexibility index (Phi) is 10.7. The lowest BCUT2D eigenvalue weighted by Crippen LogP contribution is -2.33. The van der Waals surface area contributed by atoms with Crippen LogP contribution in [0.5, 0.6) is 0 Å². The Morgan fingerprint density at radius 1 is 1.05 bits per heavy atom.